The van der Waals surface area contributed by atoms with Gasteiger partial charge in [0.25, 0.3) is 11.5 Å². The summed E-state index contributed by atoms with van der Waals surface area (Å²) in [5.74, 6) is -5.07. The minimum absolute atomic E-state index is 0.0346. The van der Waals surface area contributed by atoms with E-state index in [4.69, 9.17) is 15.6 Å². The van der Waals surface area contributed by atoms with Gasteiger partial charge in [0.05, 0.1) is 30.3 Å². The highest BCUT2D eigenvalue weighted by Gasteiger charge is 2.38. The van der Waals surface area contributed by atoms with Crippen molar-refractivity contribution in [2.24, 2.45) is 0 Å². The van der Waals surface area contributed by atoms with Crippen molar-refractivity contribution in [3.63, 3.8) is 0 Å². The summed E-state index contributed by atoms with van der Waals surface area (Å²) in [6.45, 7) is 3.22. The Labute approximate surface area is 258 Å². The van der Waals surface area contributed by atoms with Crippen LogP contribution in [-0.4, -0.2) is 48.8 Å². The number of halogens is 4. The van der Waals surface area contributed by atoms with E-state index in [1.54, 1.807) is 43.3 Å². The molecule has 2 aromatic carbocycles. The number of fused-ring (bicyclic) bond motifs is 1. The molecule has 4 heterocycles. The second-order valence-electron chi connectivity index (χ2n) is 10.7. The number of rotatable bonds is 6. The van der Waals surface area contributed by atoms with Crippen molar-refractivity contribution in [3.8, 4) is 17.2 Å². The number of benzene rings is 2. The Morgan fingerprint density at radius 1 is 1.00 bits per heavy atom. The number of hydrogen-bond donors (Lipinski definition) is 1. The Hall–Kier alpha value is -5.60. The van der Waals surface area contributed by atoms with Crippen LogP contribution in [0.4, 0.5) is 28.9 Å². The number of nitrogens with one attached hydrogen (secondary N) is 1. The maximum Gasteiger partial charge on any atom is 0.342 e. The molecule has 1 saturated heterocycles. The van der Waals surface area contributed by atoms with Gasteiger partial charge in [0.15, 0.2) is 17.3 Å². The van der Waals surface area contributed by atoms with Gasteiger partial charge in [-0.25, -0.2) is 36.2 Å². The standard InChI is InChI=1S/C17H14F3N4O.C14H13FN2O4/c18-13-7-11(21)1-2-15(13)25-16-8-12(9-24-14(16)3-5-22-24)23-6-4-17(19,20)10-23;1-8(2)16-7-11(13(19)20)12(18)17(14(16)21)10-5-3-9(15)4-6-10/h1-3,5,7-9,21H,4,6,10H2;3-8H,1-2H3,(H,19,20)/q-1;. The van der Waals surface area contributed by atoms with E-state index in [0.717, 1.165) is 33.5 Å². The van der Waals surface area contributed by atoms with Gasteiger partial charge >= 0.3 is 11.7 Å². The number of anilines is 1. The zero-order chi connectivity index (χ0) is 33.3. The molecule has 3 aromatic heterocycles. The van der Waals surface area contributed by atoms with Crippen LogP contribution in [0.25, 0.3) is 16.9 Å². The van der Waals surface area contributed by atoms with Crippen LogP contribution in [-0.2, 0) is 0 Å². The van der Waals surface area contributed by atoms with Gasteiger partial charge in [-0.05, 0) is 56.3 Å². The van der Waals surface area contributed by atoms with Gasteiger partial charge in [-0.15, -0.1) is 5.69 Å². The summed E-state index contributed by atoms with van der Waals surface area (Å²) in [6.07, 6.45) is 4.01. The van der Waals surface area contributed by atoms with Gasteiger partial charge in [0, 0.05) is 31.3 Å². The molecule has 0 saturated carbocycles. The second kappa shape index (κ2) is 12.4. The van der Waals surface area contributed by atoms with E-state index in [1.165, 1.54) is 28.8 Å². The van der Waals surface area contributed by atoms with E-state index >= 15 is 0 Å². The number of alkyl halides is 2. The molecule has 6 rings (SSSR count). The van der Waals surface area contributed by atoms with Gasteiger partial charge in [0.2, 0.25) is 0 Å². The third kappa shape index (κ3) is 6.57. The van der Waals surface area contributed by atoms with Crippen LogP contribution in [0.1, 0.15) is 36.7 Å². The van der Waals surface area contributed by atoms with Crippen molar-refractivity contribution in [2.75, 3.05) is 18.0 Å². The van der Waals surface area contributed by atoms with Crippen LogP contribution in [0.2, 0.25) is 0 Å². The van der Waals surface area contributed by atoms with Crippen molar-refractivity contribution in [2.45, 2.75) is 32.2 Å². The Morgan fingerprint density at radius 3 is 2.33 bits per heavy atom. The normalized spacial score (nSPS) is 13.9. The average Bonchev–Trinajstić information content (AvgIpc) is 3.61. The first-order valence-electron chi connectivity index (χ1n) is 13.9. The largest absolute Gasteiger partial charge is 0.699 e. The summed E-state index contributed by atoms with van der Waals surface area (Å²) in [6, 6.07) is 11.5. The molecule has 240 valence electrons. The van der Waals surface area contributed by atoms with Crippen LogP contribution < -0.4 is 20.9 Å². The molecule has 2 N–H and O–H groups in total. The number of nitrogens with zero attached hydrogens (tertiary/aromatic N) is 5. The fraction of sp³-hybridized carbons (Fsp3) is 0.226. The van der Waals surface area contributed by atoms with Gasteiger partial charge in [-0.2, -0.15) is 5.10 Å². The van der Waals surface area contributed by atoms with Crippen molar-refractivity contribution >= 4 is 22.9 Å². The van der Waals surface area contributed by atoms with Gasteiger partial charge in [-0.1, -0.05) is 6.07 Å². The Morgan fingerprint density at radius 2 is 1.72 bits per heavy atom. The summed E-state index contributed by atoms with van der Waals surface area (Å²) in [5, 5.41) is 13.2. The zero-order valence-electron chi connectivity index (χ0n) is 24.5. The molecule has 1 fully saturated rings. The molecule has 0 bridgehead atoms. The minimum atomic E-state index is -2.73. The second-order valence-corrected chi connectivity index (χ2v) is 10.7. The molecule has 1 aliphatic heterocycles. The zero-order valence-corrected chi connectivity index (χ0v) is 24.5. The number of carboxylic acids is 1. The Kier molecular flexibility index (Phi) is 8.59. The molecule has 11 nitrogen and oxygen atoms in total. The number of ether oxygens (including phenoxy) is 1. The van der Waals surface area contributed by atoms with Crippen LogP contribution in [0.3, 0.4) is 0 Å². The highest BCUT2D eigenvalue weighted by molar-refractivity contribution is 5.86. The first kappa shape index (κ1) is 31.8. The fourth-order valence-electron chi connectivity index (χ4n) is 4.80. The first-order valence-corrected chi connectivity index (χ1v) is 13.9. The van der Waals surface area contributed by atoms with Gasteiger partial charge < -0.3 is 20.5 Å². The fourth-order valence-corrected chi connectivity index (χ4v) is 4.80. The van der Waals surface area contributed by atoms with Crippen molar-refractivity contribution in [1.82, 2.24) is 18.7 Å². The third-order valence-corrected chi connectivity index (χ3v) is 7.13. The summed E-state index contributed by atoms with van der Waals surface area (Å²) in [7, 11) is 0. The van der Waals surface area contributed by atoms with Crippen LogP contribution in [0, 0.1) is 11.6 Å². The number of aromatic carboxylic acids is 1. The number of carboxylic acid groups (broad SMARTS) is 1. The van der Waals surface area contributed by atoms with Crippen molar-refractivity contribution < 1.29 is 32.2 Å². The summed E-state index contributed by atoms with van der Waals surface area (Å²) >= 11 is 0. The lowest BCUT2D eigenvalue weighted by Crippen LogP contribution is -2.41. The lowest BCUT2D eigenvalue weighted by molar-refractivity contribution is 0.0257. The SMILES string of the molecule is CC(C)n1cc(C(=O)O)c(=O)n(-c2ccc(F)cc2)c1=O.[NH-]c1ccc(Oc2cc(N3CCC(F)(F)C3)cn3nccc23)c(F)c1. The number of hydrogen-bond acceptors (Lipinski definition) is 6. The van der Waals surface area contributed by atoms with Crippen molar-refractivity contribution in [3.05, 3.63) is 117 Å². The van der Waals surface area contributed by atoms with E-state index in [2.05, 4.69) is 5.10 Å². The monoisotopic (exact) mass is 639 g/mol. The molecule has 5 aromatic rings. The summed E-state index contributed by atoms with van der Waals surface area (Å²) in [4.78, 5) is 37.2. The maximum absolute atomic E-state index is 14.0. The lowest BCUT2D eigenvalue weighted by Gasteiger charge is -2.20. The Balaban J connectivity index is 0.000000184. The minimum Gasteiger partial charge on any atom is -0.699 e. The maximum atomic E-state index is 14.0. The smallest absolute Gasteiger partial charge is 0.342 e. The van der Waals surface area contributed by atoms with Gasteiger partial charge in [-0.3, -0.25) is 9.36 Å². The molecule has 15 heteroatoms. The van der Waals surface area contributed by atoms with Crippen LogP contribution in [0.15, 0.2) is 82.8 Å². The average molecular weight is 640 g/mol. The molecule has 0 radical (unpaired) electrons. The molecule has 0 amide bonds. The quantitative estimate of drug-likeness (QED) is 0.218. The van der Waals surface area contributed by atoms with E-state index < -0.39 is 40.3 Å². The molecular formula is C31H27F4N6O5-. The number of aromatic nitrogens is 4. The van der Waals surface area contributed by atoms with E-state index in [-0.39, 0.29) is 42.7 Å². The van der Waals surface area contributed by atoms with Crippen LogP contribution in [0.5, 0.6) is 11.5 Å². The highest BCUT2D eigenvalue weighted by Crippen LogP contribution is 2.36. The Bertz CT molecular complexity index is 2040. The summed E-state index contributed by atoms with van der Waals surface area (Å²) in [5.41, 5.74) is 6.54. The molecular weight excluding hydrogens is 612 g/mol. The molecule has 0 atom stereocenters. The predicted molar refractivity (Wildman–Crippen MR) is 161 cm³/mol. The van der Waals surface area contributed by atoms with E-state index in [9.17, 15) is 31.9 Å². The molecule has 0 aliphatic carbocycles. The van der Waals surface area contributed by atoms with Gasteiger partial charge in [0.1, 0.15) is 16.9 Å². The predicted octanol–water partition coefficient (Wildman–Crippen LogP) is 6.21. The van der Waals surface area contributed by atoms with E-state index in [0.29, 0.717) is 17.0 Å². The number of carbonyl (C=O) groups is 1. The van der Waals surface area contributed by atoms with E-state index in [1.807, 2.05) is 0 Å². The topological polar surface area (TPSA) is 135 Å². The highest BCUT2D eigenvalue weighted by atomic mass is 19.3. The number of pyridine rings is 1. The van der Waals surface area contributed by atoms with Crippen molar-refractivity contribution in [1.29, 1.82) is 0 Å². The molecule has 46 heavy (non-hydrogen) atoms. The first-order chi connectivity index (χ1) is 21.7. The molecule has 0 unspecified atom stereocenters. The molecule has 1 aliphatic rings. The summed E-state index contributed by atoms with van der Waals surface area (Å²) < 4.78 is 63.0. The molecule has 0 spiro atoms. The lowest BCUT2D eigenvalue weighted by atomic mass is 10.2. The third-order valence-electron chi connectivity index (χ3n) is 7.13. The van der Waals surface area contributed by atoms with Crippen LogP contribution >= 0.6 is 0 Å².